The summed E-state index contributed by atoms with van der Waals surface area (Å²) in [5, 5.41) is 17.3. The van der Waals surface area contributed by atoms with E-state index in [4.69, 9.17) is 4.74 Å². The number of methoxy groups -OCH3 is 1. The molecule has 27 heavy (non-hydrogen) atoms. The summed E-state index contributed by atoms with van der Waals surface area (Å²) in [4.78, 5) is 4.56. The number of guanidine groups is 1. The number of aliphatic imine (C=N–C) groups is 1. The van der Waals surface area contributed by atoms with Crippen LogP contribution in [0.5, 0.6) is 5.75 Å². The van der Waals surface area contributed by atoms with Crippen LogP contribution >= 0.6 is 0 Å². The molecule has 0 heterocycles. The number of hydrogen-bond acceptors (Lipinski definition) is 3. The Kier molecular flexibility index (Phi) is 7.67. The van der Waals surface area contributed by atoms with Crippen molar-refractivity contribution < 1.29 is 9.84 Å². The van der Waals surface area contributed by atoms with E-state index in [0.29, 0.717) is 5.96 Å². The standard InChI is InChI=1S/C22H31N3O2/c1-5-23-21(25-16-22(3,26)19-9-7-6-8-10-19)24-14-13-18-12-11-17(2)20(15-18)27-4/h6-12,15,26H,5,13-14,16H2,1-4H3,(H2,23,24,25). The first-order chi connectivity index (χ1) is 13.0. The minimum atomic E-state index is -1.01. The minimum absolute atomic E-state index is 0.282. The van der Waals surface area contributed by atoms with Gasteiger partial charge in [0.15, 0.2) is 5.96 Å². The zero-order valence-electron chi connectivity index (χ0n) is 16.7. The average Bonchev–Trinajstić information content (AvgIpc) is 2.68. The maximum Gasteiger partial charge on any atom is 0.191 e. The summed E-state index contributed by atoms with van der Waals surface area (Å²) >= 11 is 0. The van der Waals surface area contributed by atoms with Gasteiger partial charge in [-0.25, -0.2) is 4.99 Å². The second kappa shape index (κ2) is 9.97. The van der Waals surface area contributed by atoms with Crippen molar-refractivity contribution in [2.24, 2.45) is 4.99 Å². The van der Waals surface area contributed by atoms with Crippen LogP contribution in [0.2, 0.25) is 0 Å². The van der Waals surface area contributed by atoms with Crippen molar-refractivity contribution in [2.45, 2.75) is 32.8 Å². The summed E-state index contributed by atoms with van der Waals surface area (Å²) in [7, 11) is 1.69. The van der Waals surface area contributed by atoms with Crippen LogP contribution in [-0.2, 0) is 12.0 Å². The number of aryl methyl sites for hydroxylation is 1. The predicted molar refractivity (Wildman–Crippen MR) is 111 cm³/mol. The molecule has 0 saturated heterocycles. The minimum Gasteiger partial charge on any atom is -0.496 e. The fraction of sp³-hybridized carbons (Fsp3) is 0.409. The van der Waals surface area contributed by atoms with E-state index >= 15 is 0 Å². The predicted octanol–water partition coefficient (Wildman–Crippen LogP) is 3.01. The second-order valence-corrected chi connectivity index (χ2v) is 6.82. The van der Waals surface area contributed by atoms with E-state index in [0.717, 1.165) is 36.4 Å². The maximum atomic E-state index is 10.7. The Hall–Kier alpha value is -2.53. The number of ether oxygens (including phenoxy) is 1. The summed E-state index contributed by atoms with van der Waals surface area (Å²) in [5.41, 5.74) is 2.19. The summed E-state index contributed by atoms with van der Waals surface area (Å²) < 4.78 is 5.39. The van der Waals surface area contributed by atoms with Gasteiger partial charge < -0.3 is 20.5 Å². The smallest absolute Gasteiger partial charge is 0.191 e. The summed E-state index contributed by atoms with van der Waals surface area (Å²) in [6.45, 7) is 7.63. The van der Waals surface area contributed by atoms with Crippen LogP contribution in [0.4, 0.5) is 0 Å². The van der Waals surface area contributed by atoms with Gasteiger partial charge in [0.05, 0.1) is 13.7 Å². The molecule has 0 fully saturated rings. The Morgan fingerprint density at radius 3 is 2.56 bits per heavy atom. The van der Waals surface area contributed by atoms with Crippen LogP contribution in [-0.4, -0.2) is 37.8 Å². The van der Waals surface area contributed by atoms with Crippen LogP contribution in [0.25, 0.3) is 0 Å². The highest BCUT2D eigenvalue weighted by molar-refractivity contribution is 5.79. The molecule has 0 spiro atoms. The lowest BCUT2D eigenvalue weighted by Crippen LogP contribution is -2.39. The Morgan fingerprint density at radius 2 is 1.89 bits per heavy atom. The number of aliphatic hydroxyl groups is 1. The van der Waals surface area contributed by atoms with Crippen LogP contribution in [0.15, 0.2) is 53.5 Å². The number of rotatable bonds is 8. The molecule has 0 aliphatic heterocycles. The lowest BCUT2D eigenvalue weighted by Gasteiger charge is -2.22. The second-order valence-electron chi connectivity index (χ2n) is 6.82. The molecule has 0 aliphatic carbocycles. The lowest BCUT2D eigenvalue weighted by molar-refractivity contribution is 0.0672. The van der Waals surface area contributed by atoms with Gasteiger partial charge in [-0.15, -0.1) is 0 Å². The van der Waals surface area contributed by atoms with Gasteiger partial charge in [-0.05, 0) is 49.9 Å². The van der Waals surface area contributed by atoms with Crippen LogP contribution in [0, 0.1) is 6.92 Å². The van der Waals surface area contributed by atoms with Gasteiger partial charge in [0.1, 0.15) is 11.4 Å². The molecule has 0 saturated carbocycles. The molecule has 1 unspecified atom stereocenters. The normalized spacial score (nSPS) is 13.7. The third-order valence-electron chi connectivity index (χ3n) is 4.46. The monoisotopic (exact) mass is 369 g/mol. The zero-order valence-corrected chi connectivity index (χ0v) is 16.7. The van der Waals surface area contributed by atoms with Crippen molar-refractivity contribution in [3.8, 4) is 5.75 Å². The van der Waals surface area contributed by atoms with Crippen molar-refractivity contribution in [2.75, 3.05) is 26.7 Å². The van der Waals surface area contributed by atoms with Gasteiger partial charge in [0, 0.05) is 13.1 Å². The molecule has 1 atom stereocenters. The summed E-state index contributed by atoms with van der Waals surface area (Å²) in [5.74, 6) is 1.61. The maximum absolute atomic E-state index is 10.7. The highest BCUT2D eigenvalue weighted by atomic mass is 16.5. The largest absolute Gasteiger partial charge is 0.496 e. The molecule has 5 nitrogen and oxygen atoms in total. The molecule has 3 N–H and O–H groups in total. The molecule has 0 radical (unpaired) electrons. The fourth-order valence-electron chi connectivity index (χ4n) is 2.81. The van der Waals surface area contributed by atoms with Crippen LogP contribution in [0.1, 0.15) is 30.5 Å². The van der Waals surface area contributed by atoms with E-state index in [2.05, 4.69) is 33.8 Å². The van der Waals surface area contributed by atoms with E-state index in [1.807, 2.05) is 44.2 Å². The van der Waals surface area contributed by atoms with Gasteiger partial charge in [-0.2, -0.15) is 0 Å². The zero-order chi connectivity index (χ0) is 19.7. The molecule has 0 aromatic heterocycles. The van der Waals surface area contributed by atoms with E-state index in [1.165, 1.54) is 5.56 Å². The molecule has 2 rings (SSSR count). The highest BCUT2D eigenvalue weighted by Gasteiger charge is 2.22. The molecular weight excluding hydrogens is 338 g/mol. The van der Waals surface area contributed by atoms with Crippen LogP contribution < -0.4 is 15.4 Å². The molecule has 0 bridgehead atoms. The van der Waals surface area contributed by atoms with Crippen molar-refractivity contribution in [1.82, 2.24) is 10.6 Å². The fourth-order valence-corrected chi connectivity index (χ4v) is 2.81. The molecule has 146 valence electrons. The Bertz CT molecular complexity index is 742. The van der Waals surface area contributed by atoms with Gasteiger partial charge in [0.25, 0.3) is 0 Å². The van der Waals surface area contributed by atoms with E-state index in [1.54, 1.807) is 14.0 Å². The number of hydrogen-bond donors (Lipinski definition) is 3. The first-order valence-electron chi connectivity index (χ1n) is 9.40. The van der Waals surface area contributed by atoms with Gasteiger partial charge in [-0.1, -0.05) is 42.5 Å². The number of nitrogens with one attached hydrogen (secondary N) is 2. The van der Waals surface area contributed by atoms with E-state index in [9.17, 15) is 5.11 Å². The SMILES string of the molecule is CCNC(=NCC(C)(O)c1ccccc1)NCCc1ccc(C)c(OC)c1. The number of nitrogens with zero attached hydrogens (tertiary/aromatic N) is 1. The van der Waals surface area contributed by atoms with Gasteiger partial charge in [0.2, 0.25) is 0 Å². The van der Waals surface area contributed by atoms with Crippen LogP contribution in [0.3, 0.4) is 0 Å². The van der Waals surface area contributed by atoms with Crippen molar-refractivity contribution in [1.29, 1.82) is 0 Å². The summed E-state index contributed by atoms with van der Waals surface area (Å²) in [6, 6.07) is 15.9. The quantitative estimate of drug-likeness (QED) is 0.494. The third-order valence-corrected chi connectivity index (χ3v) is 4.46. The lowest BCUT2D eigenvalue weighted by atomic mass is 9.96. The van der Waals surface area contributed by atoms with Crippen molar-refractivity contribution in [3.63, 3.8) is 0 Å². The Labute approximate surface area is 162 Å². The number of benzene rings is 2. The Balaban J connectivity index is 1.95. The topological polar surface area (TPSA) is 65.9 Å². The van der Waals surface area contributed by atoms with Gasteiger partial charge >= 0.3 is 0 Å². The molecule has 0 aliphatic rings. The average molecular weight is 370 g/mol. The Morgan fingerprint density at radius 1 is 1.15 bits per heavy atom. The van der Waals surface area contributed by atoms with Crippen molar-refractivity contribution >= 4 is 5.96 Å². The van der Waals surface area contributed by atoms with E-state index < -0.39 is 5.60 Å². The van der Waals surface area contributed by atoms with E-state index in [-0.39, 0.29) is 6.54 Å². The molecule has 0 amide bonds. The molecule has 5 heteroatoms. The summed E-state index contributed by atoms with van der Waals surface area (Å²) in [6.07, 6.45) is 0.857. The first-order valence-corrected chi connectivity index (χ1v) is 9.40. The molecular formula is C22H31N3O2. The first kappa shape index (κ1) is 20.8. The molecule has 2 aromatic carbocycles. The van der Waals surface area contributed by atoms with Gasteiger partial charge in [-0.3, -0.25) is 0 Å². The highest BCUT2D eigenvalue weighted by Crippen LogP contribution is 2.20. The van der Waals surface area contributed by atoms with Crippen molar-refractivity contribution in [3.05, 3.63) is 65.2 Å². The third kappa shape index (κ3) is 6.29. The molecule has 2 aromatic rings.